The summed E-state index contributed by atoms with van der Waals surface area (Å²) in [5.41, 5.74) is 18.1. The summed E-state index contributed by atoms with van der Waals surface area (Å²) in [7, 11) is 0. The van der Waals surface area contributed by atoms with E-state index in [4.69, 9.17) is 26.3 Å². The largest absolute Gasteiger partial charge is 0.507 e. The quantitative estimate of drug-likeness (QED) is 0.216. The van der Waals surface area contributed by atoms with E-state index in [2.05, 4.69) is 5.32 Å². The van der Waals surface area contributed by atoms with Gasteiger partial charge in [0.1, 0.15) is 5.75 Å². The summed E-state index contributed by atoms with van der Waals surface area (Å²) in [6.45, 7) is 5.35. The fraction of sp³-hybridized carbons (Fsp3) is 0.150. The number of phenolic OH excluding ortho intramolecular Hbond substituents is 1. The van der Waals surface area contributed by atoms with Crippen molar-refractivity contribution in [1.29, 1.82) is 0 Å². The molecule has 1 amide bonds. The van der Waals surface area contributed by atoms with E-state index in [0.29, 0.717) is 22.1 Å². The van der Waals surface area contributed by atoms with E-state index >= 15 is 0 Å². The molecule has 0 bridgehead atoms. The van der Waals surface area contributed by atoms with Crippen molar-refractivity contribution >= 4 is 61.6 Å². The molecular weight excluding hydrogens is 456 g/mol. The van der Waals surface area contributed by atoms with Gasteiger partial charge in [0.05, 0.1) is 26.9 Å². The molecule has 0 radical (unpaired) electrons. The average Bonchev–Trinajstić information content (AvgIpc) is 2.73. The Balaban J connectivity index is 0.000000300. The Kier molecular flexibility index (Phi) is 10.1. The van der Waals surface area contributed by atoms with Crippen LogP contribution in [0.2, 0.25) is 0 Å². The highest BCUT2D eigenvalue weighted by molar-refractivity contribution is 7.79. The van der Waals surface area contributed by atoms with Crippen LogP contribution < -0.4 is 22.5 Å². The van der Waals surface area contributed by atoms with Crippen LogP contribution in [0.3, 0.4) is 0 Å². The summed E-state index contributed by atoms with van der Waals surface area (Å²) in [4.78, 5) is 10.9. The second-order valence-electron chi connectivity index (χ2n) is 6.04. The van der Waals surface area contributed by atoms with Crippen LogP contribution in [0.1, 0.15) is 20.8 Å². The molecule has 0 aromatic heterocycles. The summed E-state index contributed by atoms with van der Waals surface area (Å²) < 4.78 is 39.5. The smallest absolute Gasteiger partial charge is 0.221 e. The first-order valence-corrected chi connectivity index (χ1v) is 11.4. The molecule has 0 spiro atoms. The van der Waals surface area contributed by atoms with Crippen molar-refractivity contribution in [3.8, 4) is 5.75 Å². The molecule has 174 valence electrons. The van der Waals surface area contributed by atoms with Crippen LogP contribution in [0.15, 0.2) is 52.3 Å². The van der Waals surface area contributed by atoms with Gasteiger partial charge in [0, 0.05) is 18.0 Å². The van der Waals surface area contributed by atoms with Gasteiger partial charge in [-0.1, -0.05) is 19.9 Å². The number of carbonyl (C=O) groups is 1. The highest BCUT2D eigenvalue weighted by Gasteiger charge is 2.11. The van der Waals surface area contributed by atoms with Crippen molar-refractivity contribution in [2.45, 2.75) is 30.6 Å². The molecule has 0 aliphatic heterocycles. The third kappa shape index (κ3) is 6.92. The third-order valence-electron chi connectivity index (χ3n) is 3.87. The monoisotopic (exact) mass is 482 g/mol. The van der Waals surface area contributed by atoms with E-state index < -0.39 is 22.2 Å². The number of rotatable bonds is 3. The average molecular weight is 483 g/mol. The van der Waals surface area contributed by atoms with Gasteiger partial charge in [0.2, 0.25) is 5.91 Å². The lowest BCUT2D eigenvalue weighted by Crippen LogP contribution is -2.07. The van der Waals surface area contributed by atoms with Gasteiger partial charge in [0.15, 0.2) is 22.2 Å². The van der Waals surface area contributed by atoms with Gasteiger partial charge in [-0.25, -0.2) is 8.42 Å². The van der Waals surface area contributed by atoms with Crippen molar-refractivity contribution in [3.63, 3.8) is 0 Å². The van der Waals surface area contributed by atoms with Gasteiger partial charge >= 0.3 is 0 Å². The number of fused-ring (bicyclic) bond motifs is 1. The molecule has 3 aromatic carbocycles. The number of nitrogen functional groups attached to an aromatic ring is 3. The topological polar surface area (TPSA) is 202 Å². The molecule has 0 saturated carbocycles. The fourth-order valence-electron chi connectivity index (χ4n) is 2.53. The Hall–Kier alpha value is -3.19. The summed E-state index contributed by atoms with van der Waals surface area (Å²) >= 11 is -4.28. The van der Waals surface area contributed by atoms with Crippen molar-refractivity contribution in [2.75, 3.05) is 22.5 Å². The molecule has 10 N–H and O–H groups in total. The summed E-state index contributed by atoms with van der Waals surface area (Å²) in [6.07, 6.45) is 0. The second-order valence-corrected chi connectivity index (χ2v) is 7.95. The number of aromatic hydroxyl groups is 1. The van der Waals surface area contributed by atoms with E-state index in [0.717, 1.165) is 0 Å². The van der Waals surface area contributed by atoms with Crippen LogP contribution in [-0.4, -0.2) is 28.5 Å². The number of carbonyl (C=O) groups excluding carboxylic acids is 1. The minimum absolute atomic E-state index is 0.0938. The van der Waals surface area contributed by atoms with Crippen LogP contribution in [0.25, 0.3) is 10.8 Å². The minimum atomic E-state index is -2.14. The zero-order valence-corrected chi connectivity index (χ0v) is 19.3. The van der Waals surface area contributed by atoms with Crippen LogP contribution in [0.4, 0.5) is 22.7 Å². The lowest BCUT2D eigenvalue weighted by molar-refractivity contribution is -0.114. The third-order valence-corrected chi connectivity index (χ3v) is 5.24. The zero-order valence-electron chi connectivity index (χ0n) is 17.7. The normalized spacial score (nSPS) is 11.9. The van der Waals surface area contributed by atoms with Crippen molar-refractivity contribution in [1.82, 2.24) is 0 Å². The molecule has 0 aliphatic carbocycles. The maximum absolute atomic E-state index is 10.9. The van der Waals surface area contributed by atoms with Crippen molar-refractivity contribution in [3.05, 3.63) is 42.5 Å². The Morgan fingerprint density at radius 1 is 0.906 bits per heavy atom. The SMILES string of the molecule is CC.CC(=O)Nc1ccc(N)c(S(=O)O)c1.Nc1ccc2cc(S(=O)O)cc(O)c2c1N. The lowest BCUT2D eigenvalue weighted by Gasteiger charge is -2.08. The van der Waals surface area contributed by atoms with Crippen LogP contribution in [0, 0.1) is 0 Å². The van der Waals surface area contributed by atoms with Gasteiger partial charge in [-0.15, -0.1) is 0 Å². The maximum atomic E-state index is 10.9. The molecule has 0 saturated heterocycles. The maximum Gasteiger partial charge on any atom is 0.221 e. The zero-order chi connectivity index (χ0) is 24.6. The number of hydrogen-bond acceptors (Lipinski definition) is 7. The predicted molar refractivity (Wildman–Crippen MR) is 129 cm³/mol. The van der Waals surface area contributed by atoms with E-state index in [9.17, 15) is 18.3 Å². The minimum Gasteiger partial charge on any atom is -0.507 e. The van der Waals surface area contributed by atoms with Gasteiger partial charge in [-0.05, 0) is 41.8 Å². The first-order chi connectivity index (χ1) is 15.0. The number of benzene rings is 3. The Morgan fingerprint density at radius 2 is 1.50 bits per heavy atom. The molecule has 2 atom stereocenters. The van der Waals surface area contributed by atoms with Gasteiger partial charge in [-0.2, -0.15) is 0 Å². The van der Waals surface area contributed by atoms with Gasteiger partial charge in [-0.3, -0.25) is 4.79 Å². The van der Waals surface area contributed by atoms with E-state index in [1.165, 1.54) is 31.2 Å². The van der Waals surface area contributed by atoms with Crippen LogP contribution in [0.5, 0.6) is 5.75 Å². The molecule has 3 rings (SSSR count). The van der Waals surface area contributed by atoms with Crippen molar-refractivity contribution < 1.29 is 27.4 Å². The molecule has 0 fully saturated rings. The summed E-state index contributed by atoms with van der Waals surface area (Å²) in [5, 5.41) is 13.2. The first-order valence-electron chi connectivity index (χ1n) is 9.20. The van der Waals surface area contributed by atoms with Gasteiger partial charge in [0.25, 0.3) is 0 Å². The Bertz CT molecular complexity index is 1170. The molecule has 10 nitrogen and oxygen atoms in total. The number of amides is 1. The van der Waals surface area contributed by atoms with E-state index in [1.54, 1.807) is 18.2 Å². The predicted octanol–water partition coefficient (Wildman–Crippen LogP) is 3.12. The number of anilines is 4. The molecular formula is C20H26N4O6S2. The Labute approximate surface area is 190 Å². The molecule has 12 heteroatoms. The first kappa shape index (κ1) is 26.8. The molecule has 3 aromatic rings. The van der Waals surface area contributed by atoms with Crippen molar-refractivity contribution in [2.24, 2.45) is 0 Å². The second kappa shape index (κ2) is 12.0. The number of hydrogen-bond donors (Lipinski definition) is 7. The standard InChI is InChI=1S/C10H10N2O3S.C8H10N2O3S.C2H6/c11-7-2-1-5-3-6(16(14)15)4-8(13)9(5)10(7)12;1-5(11)10-6-2-3-7(9)8(4-6)14(12)13;1-2/h1-4,13H,11-12H2,(H,14,15);2-4H,9H2,1H3,(H,10,11)(H,12,13);1-2H3. The van der Waals surface area contributed by atoms with Crippen LogP contribution >= 0.6 is 0 Å². The molecule has 2 unspecified atom stereocenters. The van der Waals surface area contributed by atoms with E-state index in [-0.39, 0.29) is 32.8 Å². The summed E-state index contributed by atoms with van der Waals surface area (Å²) in [6, 6.07) is 10.3. The Morgan fingerprint density at radius 3 is 2.03 bits per heavy atom. The lowest BCUT2D eigenvalue weighted by atomic mass is 10.1. The van der Waals surface area contributed by atoms with Gasteiger partial charge < -0.3 is 36.7 Å². The van der Waals surface area contributed by atoms with E-state index in [1.807, 2.05) is 13.8 Å². The van der Waals surface area contributed by atoms with Crippen LogP contribution in [-0.2, 0) is 27.0 Å². The number of nitrogens with one attached hydrogen (secondary N) is 1. The number of nitrogens with two attached hydrogens (primary N) is 3. The highest BCUT2D eigenvalue weighted by atomic mass is 32.2. The molecule has 0 heterocycles. The molecule has 32 heavy (non-hydrogen) atoms. The highest BCUT2D eigenvalue weighted by Crippen LogP contribution is 2.35. The fourth-order valence-corrected chi connectivity index (χ4v) is 3.47. The number of phenols is 1. The molecule has 0 aliphatic rings. The summed E-state index contributed by atoms with van der Waals surface area (Å²) in [5.74, 6) is -0.399.